The van der Waals surface area contributed by atoms with Crippen LogP contribution in [0.4, 0.5) is 13.2 Å². The molecule has 2 rings (SSSR count). The molecule has 18 heavy (non-hydrogen) atoms. The molecule has 0 aliphatic carbocycles. The highest BCUT2D eigenvalue weighted by atomic mass is 19.4. The minimum Gasteiger partial charge on any atom is -0.296 e. The van der Waals surface area contributed by atoms with Crippen LogP contribution in [-0.4, -0.2) is 11.3 Å². The summed E-state index contributed by atoms with van der Waals surface area (Å²) in [5, 5.41) is 0. The molecule has 0 saturated heterocycles. The Bertz CT molecular complexity index is 561. The molecule has 1 heterocycles. The molecule has 0 aliphatic heterocycles. The van der Waals surface area contributed by atoms with Gasteiger partial charge in [-0.2, -0.15) is 13.2 Å². The Morgan fingerprint density at radius 2 is 1.72 bits per heavy atom. The van der Waals surface area contributed by atoms with Gasteiger partial charge in [0.05, 0.1) is 5.56 Å². The van der Waals surface area contributed by atoms with Crippen LogP contribution in [0.15, 0.2) is 42.6 Å². The summed E-state index contributed by atoms with van der Waals surface area (Å²) < 4.78 is 37.2. The molecule has 0 fully saturated rings. The molecular weight excluding hydrogens is 243 g/mol. The summed E-state index contributed by atoms with van der Waals surface area (Å²) in [4.78, 5) is 14.6. The van der Waals surface area contributed by atoms with Crippen LogP contribution in [0.1, 0.15) is 16.1 Å². The Kier molecular flexibility index (Phi) is 3.14. The zero-order valence-corrected chi connectivity index (χ0v) is 9.11. The van der Waals surface area contributed by atoms with Gasteiger partial charge in [0.2, 0.25) is 0 Å². The van der Waals surface area contributed by atoms with Gasteiger partial charge < -0.3 is 0 Å². The predicted molar refractivity (Wildman–Crippen MR) is 60.1 cm³/mol. The molecule has 0 aliphatic rings. The van der Waals surface area contributed by atoms with E-state index < -0.39 is 11.7 Å². The van der Waals surface area contributed by atoms with E-state index in [1.165, 1.54) is 18.3 Å². The van der Waals surface area contributed by atoms with Crippen molar-refractivity contribution in [1.82, 2.24) is 4.98 Å². The van der Waals surface area contributed by atoms with E-state index in [0.29, 0.717) is 17.4 Å². The lowest BCUT2D eigenvalue weighted by Crippen LogP contribution is -2.04. The molecule has 2 nitrogen and oxygen atoms in total. The van der Waals surface area contributed by atoms with Gasteiger partial charge in [-0.25, -0.2) is 0 Å². The second-order valence-corrected chi connectivity index (χ2v) is 3.63. The highest BCUT2D eigenvalue weighted by Crippen LogP contribution is 2.31. The van der Waals surface area contributed by atoms with Crippen LogP contribution in [0.25, 0.3) is 11.1 Å². The monoisotopic (exact) mass is 251 g/mol. The number of carbonyl (C=O) groups excluding carboxylic acids is 1. The number of nitrogens with zero attached hydrogens (tertiary/aromatic N) is 1. The molecule has 92 valence electrons. The third-order valence-corrected chi connectivity index (χ3v) is 2.47. The number of carbonyl (C=O) groups is 1. The van der Waals surface area contributed by atoms with Gasteiger partial charge in [0.1, 0.15) is 5.69 Å². The van der Waals surface area contributed by atoms with Crippen LogP contribution in [0, 0.1) is 0 Å². The number of alkyl halides is 3. The first-order valence-corrected chi connectivity index (χ1v) is 5.10. The fraction of sp³-hybridized carbons (Fsp3) is 0.0769. The van der Waals surface area contributed by atoms with E-state index in [9.17, 15) is 18.0 Å². The quantitative estimate of drug-likeness (QED) is 0.763. The van der Waals surface area contributed by atoms with Gasteiger partial charge >= 0.3 is 6.18 Å². The van der Waals surface area contributed by atoms with Crippen molar-refractivity contribution >= 4 is 6.29 Å². The summed E-state index contributed by atoms with van der Waals surface area (Å²) in [6.45, 7) is 0. The first-order valence-electron chi connectivity index (χ1n) is 5.10. The number of benzene rings is 1. The van der Waals surface area contributed by atoms with Crippen molar-refractivity contribution in [3.63, 3.8) is 0 Å². The summed E-state index contributed by atoms with van der Waals surface area (Å²) in [7, 11) is 0. The average molecular weight is 251 g/mol. The third-order valence-electron chi connectivity index (χ3n) is 2.47. The Morgan fingerprint density at radius 3 is 2.28 bits per heavy atom. The predicted octanol–water partition coefficient (Wildman–Crippen LogP) is 3.58. The first kappa shape index (κ1) is 12.3. The van der Waals surface area contributed by atoms with Crippen LogP contribution in [-0.2, 0) is 6.18 Å². The summed E-state index contributed by atoms with van der Waals surface area (Å²) in [6.07, 6.45) is -2.33. The summed E-state index contributed by atoms with van der Waals surface area (Å²) in [6, 6.07) is 7.88. The molecule has 0 N–H and O–H groups in total. The van der Waals surface area contributed by atoms with Crippen LogP contribution in [0.2, 0.25) is 0 Å². The van der Waals surface area contributed by atoms with E-state index >= 15 is 0 Å². The van der Waals surface area contributed by atoms with Crippen LogP contribution in [0.3, 0.4) is 0 Å². The number of rotatable bonds is 2. The van der Waals surface area contributed by atoms with Gasteiger partial charge in [-0.3, -0.25) is 9.78 Å². The largest absolute Gasteiger partial charge is 0.416 e. The molecule has 2 aromatic rings. The smallest absolute Gasteiger partial charge is 0.296 e. The van der Waals surface area contributed by atoms with Crippen molar-refractivity contribution in [3.05, 3.63) is 53.9 Å². The van der Waals surface area contributed by atoms with Gasteiger partial charge in [-0.05, 0) is 23.8 Å². The minimum absolute atomic E-state index is 0.206. The molecule has 0 radical (unpaired) electrons. The molecule has 0 amide bonds. The maximum Gasteiger partial charge on any atom is 0.416 e. The fourth-order valence-electron chi connectivity index (χ4n) is 1.59. The molecule has 5 heteroatoms. The van der Waals surface area contributed by atoms with Crippen LogP contribution < -0.4 is 0 Å². The average Bonchev–Trinajstić information content (AvgIpc) is 2.38. The molecule has 0 saturated carbocycles. The lowest BCUT2D eigenvalue weighted by molar-refractivity contribution is -0.137. The highest BCUT2D eigenvalue weighted by Gasteiger charge is 2.30. The Morgan fingerprint density at radius 1 is 1.06 bits per heavy atom. The maximum atomic E-state index is 12.4. The summed E-state index contributed by atoms with van der Waals surface area (Å²) in [5.41, 5.74) is 0.527. The number of hydrogen-bond donors (Lipinski definition) is 0. The van der Waals surface area contributed by atoms with E-state index in [-0.39, 0.29) is 5.69 Å². The lowest BCUT2D eigenvalue weighted by Gasteiger charge is -2.08. The normalized spacial score (nSPS) is 11.3. The summed E-state index contributed by atoms with van der Waals surface area (Å²) in [5.74, 6) is 0. The Balaban J connectivity index is 2.44. The van der Waals surface area contributed by atoms with Crippen molar-refractivity contribution < 1.29 is 18.0 Å². The van der Waals surface area contributed by atoms with E-state index in [1.54, 1.807) is 12.1 Å². The third kappa shape index (κ3) is 2.40. The molecule has 0 bridgehead atoms. The number of pyridine rings is 1. The van der Waals surface area contributed by atoms with E-state index in [0.717, 1.165) is 12.1 Å². The van der Waals surface area contributed by atoms with Crippen molar-refractivity contribution in [1.29, 1.82) is 0 Å². The summed E-state index contributed by atoms with van der Waals surface area (Å²) >= 11 is 0. The molecule has 0 atom stereocenters. The molecule has 0 unspecified atom stereocenters. The van der Waals surface area contributed by atoms with E-state index in [4.69, 9.17) is 0 Å². The van der Waals surface area contributed by atoms with Gasteiger partial charge in [0.15, 0.2) is 6.29 Å². The van der Waals surface area contributed by atoms with Gasteiger partial charge in [-0.1, -0.05) is 18.2 Å². The number of halogens is 3. The number of aldehydes is 1. The molecular formula is C13H8F3NO. The van der Waals surface area contributed by atoms with E-state index in [1.807, 2.05) is 0 Å². The fourth-order valence-corrected chi connectivity index (χ4v) is 1.59. The lowest BCUT2D eigenvalue weighted by atomic mass is 10.0. The van der Waals surface area contributed by atoms with Crippen LogP contribution in [0.5, 0.6) is 0 Å². The topological polar surface area (TPSA) is 30.0 Å². The SMILES string of the molecule is O=Cc1ncccc1-c1ccc(C(F)(F)F)cc1. The number of aromatic nitrogens is 1. The van der Waals surface area contributed by atoms with Gasteiger partial charge in [0.25, 0.3) is 0 Å². The first-order chi connectivity index (χ1) is 8.52. The molecule has 1 aromatic carbocycles. The van der Waals surface area contributed by atoms with Crippen molar-refractivity contribution in [3.8, 4) is 11.1 Å². The molecule has 1 aromatic heterocycles. The standard InChI is InChI=1S/C13H8F3NO/c14-13(15,16)10-5-3-9(4-6-10)11-2-1-7-17-12(11)8-18/h1-8H. The number of hydrogen-bond acceptors (Lipinski definition) is 2. The van der Waals surface area contributed by atoms with Crippen molar-refractivity contribution in [2.45, 2.75) is 6.18 Å². The Labute approximate surface area is 101 Å². The van der Waals surface area contributed by atoms with Crippen LogP contribution >= 0.6 is 0 Å². The van der Waals surface area contributed by atoms with Crippen molar-refractivity contribution in [2.24, 2.45) is 0 Å². The van der Waals surface area contributed by atoms with Crippen molar-refractivity contribution in [2.75, 3.05) is 0 Å². The zero-order chi connectivity index (χ0) is 13.2. The second-order valence-electron chi connectivity index (χ2n) is 3.63. The van der Waals surface area contributed by atoms with Gasteiger partial charge in [-0.15, -0.1) is 0 Å². The van der Waals surface area contributed by atoms with E-state index in [2.05, 4.69) is 4.98 Å². The maximum absolute atomic E-state index is 12.4. The van der Waals surface area contributed by atoms with Gasteiger partial charge in [0, 0.05) is 11.8 Å². The highest BCUT2D eigenvalue weighted by molar-refractivity contribution is 5.85. The Hall–Kier alpha value is -2.17. The second kappa shape index (κ2) is 4.60. The molecule has 0 spiro atoms. The zero-order valence-electron chi connectivity index (χ0n) is 9.11. The minimum atomic E-state index is -4.36.